The Bertz CT molecular complexity index is 1450. The lowest BCUT2D eigenvalue weighted by Crippen LogP contribution is -1.99. The van der Waals surface area contributed by atoms with Crippen LogP contribution in [-0.4, -0.2) is 29.2 Å². The highest BCUT2D eigenvalue weighted by Crippen LogP contribution is 2.36. The fourth-order valence-corrected chi connectivity index (χ4v) is 4.76. The van der Waals surface area contributed by atoms with E-state index in [-0.39, 0.29) is 5.28 Å². The SMILES string of the molecule is COc1cc2nc(Cl)nc(Nc3ccc(-c4nc5ccc(C)cc5s4)cc3)c2cc1OC. The summed E-state index contributed by atoms with van der Waals surface area (Å²) >= 11 is 7.86. The molecule has 5 aromatic rings. The number of thiazole rings is 1. The second kappa shape index (κ2) is 8.26. The summed E-state index contributed by atoms with van der Waals surface area (Å²) in [4.78, 5) is 13.5. The largest absolute Gasteiger partial charge is 0.493 e. The van der Waals surface area contributed by atoms with Crippen molar-refractivity contribution in [2.75, 3.05) is 19.5 Å². The molecule has 1 N–H and O–H groups in total. The van der Waals surface area contributed by atoms with Crippen LogP contribution < -0.4 is 14.8 Å². The van der Waals surface area contributed by atoms with Crippen LogP contribution in [0.4, 0.5) is 11.5 Å². The molecule has 0 saturated heterocycles. The summed E-state index contributed by atoms with van der Waals surface area (Å²) in [7, 11) is 3.18. The first-order chi connectivity index (χ1) is 15.5. The van der Waals surface area contributed by atoms with Crippen molar-refractivity contribution < 1.29 is 9.47 Å². The van der Waals surface area contributed by atoms with E-state index in [1.165, 1.54) is 10.3 Å². The number of hydrogen-bond donors (Lipinski definition) is 1. The van der Waals surface area contributed by atoms with Crippen molar-refractivity contribution in [3.8, 4) is 22.1 Å². The van der Waals surface area contributed by atoms with Crippen LogP contribution in [0.5, 0.6) is 11.5 Å². The van der Waals surface area contributed by atoms with Crippen molar-refractivity contribution in [3.63, 3.8) is 0 Å². The summed E-state index contributed by atoms with van der Waals surface area (Å²) in [5.74, 6) is 1.76. The van der Waals surface area contributed by atoms with Crippen LogP contribution in [0.25, 0.3) is 31.7 Å². The average Bonchev–Trinajstić information content (AvgIpc) is 3.21. The van der Waals surface area contributed by atoms with Gasteiger partial charge in [-0.05, 0) is 66.6 Å². The number of hydrogen-bond acceptors (Lipinski definition) is 7. The zero-order valence-electron chi connectivity index (χ0n) is 17.6. The van der Waals surface area contributed by atoms with Crippen molar-refractivity contribution in [1.82, 2.24) is 15.0 Å². The van der Waals surface area contributed by atoms with Crippen LogP contribution >= 0.6 is 22.9 Å². The molecule has 0 fully saturated rings. The smallest absolute Gasteiger partial charge is 0.224 e. The first-order valence-corrected chi connectivity index (χ1v) is 11.1. The third kappa shape index (κ3) is 3.81. The van der Waals surface area contributed by atoms with Gasteiger partial charge >= 0.3 is 0 Å². The Morgan fingerprint density at radius 3 is 2.34 bits per heavy atom. The van der Waals surface area contributed by atoms with Gasteiger partial charge in [0.15, 0.2) is 11.5 Å². The number of nitrogens with zero attached hydrogens (tertiary/aromatic N) is 3. The van der Waals surface area contributed by atoms with Crippen LogP contribution in [0.2, 0.25) is 5.28 Å². The quantitative estimate of drug-likeness (QED) is 0.295. The zero-order valence-corrected chi connectivity index (χ0v) is 19.2. The van der Waals surface area contributed by atoms with E-state index in [4.69, 9.17) is 26.1 Å². The summed E-state index contributed by atoms with van der Waals surface area (Å²) in [6.07, 6.45) is 0. The normalized spacial score (nSPS) is 11.1. The highest BCUT2D eigenvalue weighted by Gasteiger charge is 2.13. The lowest BCUT2D eigenvalue weighted by atomic mass is 10.2. The summed E-state index contributed by atoms with van der Waals surface area (Å²) in [6, 6.07) is 18.0. The summed E-state index contributed by atoms with van der Waals surface area (Å²) < 4.78 is 12.0. The van der Waals surface area contributed by atoms with Crippen LogP contribution in [0.15, 0.2) is 54.6 Å². The molecule has 0 unspecified atom stereocenters. The molecule has 0 bridgehead atoms. The number of methoxy groups -OCH3 is 2. The zero-order chi connectivity index (χ0) is 22.2. The van der Waals surface area contributed by atoms with E-state index < -0.39 is 0 Å². The standard InChI is InChI=1S/C24H19ClN4O2S/c1-13-4-9-17-21(10-13)32-23(27-17)14-5-7-15(8-6-14)26-22-16-11-19(30-2)20(31-3)12-18(16)28-24(25)29-22/h4-12H,1-3H3,(H,26,28,29). The van der Waals surface area contributed by atoms with Crippen molar-refractivity contribution in [3.05, 3.63) is 65.4 Å². The van der Waals surface area contributed by atoms with E-state index in [1.54, 1.807) is 31.6 Å². The first-order valence-electron chi connectivity index (χ1n) is 9.88. The van der Waals surface area contributed by atoms with Gasteiger partial charge in [-0.15, -0.1) is 11.3 Å². The Kier molecular flexibility index (Phi) is 5.28. The molecular weight excluding hydrogens is 444 g/mol. The third-order valence-electron chi connectivity index (χ3n) is 5.11. The van der Waals surface area contributed by atoms with Crippen molar-refractivity contribution in [2.24, 2.45) is 0 Å². The van der Waals surface area contributed by atoms with Crippen molar-refractivity contribution >= 4 is 55.6 Å². The Labute approximate surface area is 193 Å². The van der Waals surface area contributed by atoms with Gasteiger partial charge in [0.05, 0.1) is 30.0 Å². The lowest BCUT2D eigenvalue weighted by molar-refractivity contribution is 0.356. The molecule has 0 aliphatic rings. The molecule has 6 nitrogen and oxygen atoms in total. The van der Waals surface area contributed by atoms with Gasteiger partial charge in [-0.1, -0.05) is 6.07 Å². The predicted molar refractivity (Wildman–Crippen MR) is 131 cm³/mol. The minimum absolute atomic E-state index is 0.147. The molecule has 0 spiro atoms. The molecule has 2 aromatic heterocycles. The number of rotatable bonds is 5. The molecule has 32 heavy (non-hydrogen) atoms. The van der Waals surface area contributed by atoms with E-state index in [1.807, 2.05) is 30.3 Å². The molecule has 0 atom stereocenters. The number of fused-ring (bicyclic) bond motifs is 2. The number of benzene rings is 3. The summed E-state index contributed by atoms with van der Waals surface area (Å²) in [5.41, 5.74) is 4.84. The van der Waals surface area contributed by atoms with Crippen LogP contribution in [0.1, 0.15) is 5.56 Å². The van der Waals surface area contributed by atoms with Crippen LogP contribution in [-0.2, 0) is 0 Å². The number of anilines is 2. The van der Waals surface area contributed by atoms with Gasteiger partial charge in [0, 0.05) is 22.7 Å². The molecule has 0 saturated carbocycles. The lowest BCUT2D eigenvalue weighted by Gasteiger charge is -2.13. The number of aromatic nitrogens is 3. The van der Waals surface area contributed by atoms with Crippen molar-refractivity contribution in [2.45, 2.75) is 6.92 Å². The van der Waals surface area contributed by atoms with Gasteiger partial charge in [0.1, 0.15) is 10.8 Å². The molecule has 0 aliphatic heterocycles. The van der Waals surface area contributed by atoms with Crippen molar-refractivity contribution in [1.29, 1.82) is 0 Å². The molecule has 160 valence electrons. The fourth-order valence-electron chi connectivity index (χ4n) is 3.51. The Balaban J connectivity index is 1.48. The van der Waals surface area contributed by atoms with Gasteiger partial charge in [0.25, 0.3) is 0 Å². The molecule has 8 heteroatoms. The predicted octanol–water partition coefficient (Wildman–Crippen LogP) is 6.63. The molecule has 2 heterocycles. The molecule has 0 amide bonds. The van der Waals surface area contributed by atoms with E-state index in [0.717, 1.165) is 27.2 Å². The first kappa shape index (κ1) is 20.5. The van der Waals surface area contributed by atoms with Crippen LogP contribution in [0.3, 0.4) is 0 Å². The number of aryl methyl sites for hydroxylation is 1. The maximum Gasteiger partial charge on any atom is 0.224 e. The van der Waals surface area contributed by atoms with E-state index in [2.05, 4.69) is 40.4 Å². The van der Waals surface area contributed by atoms with Gasteiger partial charge in [0.2, 0.25) is 5.28 Å². The minimum Gasteiger partial charge on any atom is -0.493 e. The minimum atomic E-state index is 0.147. The topological polar surface area (TPSA) is 69.2 Å². The molecule has 0 aliphatic carbocycles. The van der Waals surface area contributed by atoms with Gasteiger partial charge in [-0.2, -0.15) is 4.98 Å². The van der Waals surface area contributed by atoms with Gasteiger partial charge in [-0.25, -0.2) is 9.97 Å². The molecule has 5 rings (SSSR count). The monoisotopic (exact) mass is 462 g/mol. The summed E-state index contributed by atoms with van der Waals surface area (Å²) in [6.45, 7) is 2.09. The Morgan fingerprint density at radius 1 is 0.844 bits per heavy atom. The number of ether oxygens (including phenoxy) is 2. The maximum atomic E-state index is 6.17. The maximum absolute atomic E-state index is 6.17. The molecular formula is C24H19ClN4O2S. The Hall–Kier alpha value is -3.42. The average molecular weight is 463 g/mol. The highest BCUT2D eigenvalue weighted by atomic mass is 35.5. The number of halogens is 1. The van der Waals surface area contributed by atoms with Crippen LogP contribution in [0, 0.1) is 6.92 Å². The van der Waals surface area contributed by atoms with E-state index in [0.29, 0.717) is 22.8 Å². The number of nitrogens with one attached hydrogen (secondary N) is 1. The second-order valence-corrected chi connectivity index (χ2v) is 8.63. The third-order valence-corrected chi connectivity index (χ3v) is 6.35. The second-order valence-electron chi connectivity index (χ2n) is 7.26. The van der Waals surface area contributed by atoms with E-state index >= 15 is 0 Å². The highest BCUT2D eigenvalue weighted by molar-refractivity contribution is 7.21. The Morgan fingerprint density at radius 2 is 1.59 bits per heavy atom. The molecule has 0 radical (unpaired) electrons. The van der Waals surface area contributed by atoms with E-state index in [9.17, 15) is 0 Å². The van der Waals surface area contributed by atoms with Gasteiger partial charge < -0.3 is 14.8 Å². The molecule has 3 aromatic carbocycles. The fraction of sp³-hybridized carbons (Fsp3) is 0.125. The van der Waals surface area contributed by atoms with Gasteiger partial charge in [-0.3, -0.25) is 0 Å². The summed E-state index contributed by atoms with van der Waals surface area (Å²) in [5, 5.41) is 5.25.